The molecular formula is C10H11ClN4O. The highest BCUT2D eigenvalue weighted by atomic mass is 35.5. The van der Waals surface area contributed by atoms with Crippen LogP contribution < -0.4 is 10.6 Å². The van der Waals surface area contributed by atoms with E-state index in [1.54, 1.807) is 19.1 Å². The molecule has 0 saturated carbocycles. The molecule has 1 aliphatic heterocycles. The molecule has 1 amide bonds. The van der Waals surface area contributed by atoms with Crippen LogP contribution >= 0.6 is 11.6 Å². The Morgan fingerprint density at radius 1 is 1.44 bits per heavy atom. The van der Waals surface area contributed by atoms with Crippen molar-refractivity contribution >= 4 is 23.3 Å². The second-order valence-electron chi connectivity index (χ2n) is 3.53. The number of carbonyl (C=O) groups excluding carboxylic acids is 1. The Kier molecular flexibility index (Phi) is 3.17. The van der Waals surface area contributed by atoms with E-state index in [4.69, 9.17) is 11.6 Å². The third kappa shape index (κ3) is 2.37. The van der Waals surface area contributed by atoms with Gasteiger partial charge >= 0.3 is 0 Å². The summed E-state index contributed by atoms with van der Waals surface area (Å²) in [5, 5.41) is 13.4. The summed E-state index contributed by atoms with van der Waals surface area (Å²) in [5.41, 5.74) is 1.86. The van der Waals surface area contributed by atoms with E-state index in [1.165, 1.54) is 0 Å². The van der Waals surface area contributed by atoms with E-state index in [0.717, 1.165) is 24.2 Å². The van der Waals surface area contributed by atoms with Crippen LogP contribution in [0, 0.1) is 0 Å². The van der Waals surface area contributed by atoms with Crippen molar-refractivity contribution in [3.63, 3.8) is 0 Å². The van der Waals surface area contributed by atoms with E-state index >= 15 is 0 Å². The van der Waals surface area contributed by atoms with Crippen LogP contribution in [0.25, 0.3) is 0 Å². The maximum atomic E-state index is 11.7. The SMILES string of the molecule is CC(C(=O)Nc1ccc(Cl)nn1)=C1CNC1. The van der Waals surface area contributed by atoms with Gasteiger partial charge in [-0.1, -0.05) is 11.6 Å². The van der Waals surface area contributed by atoms with Crippen molar-refractivity contribution in [2.24, 2.45) is 0 Å². The first-order valence-electron chi connectivity index (χ1n) is 4.87. The van der Waals surface area contributed by atoms with Crippen LogP contribution in [0.5, 0.6) is 0 Å². The van der Waals surface area contributed by atoms with Gasteiger partial charge in [-0.2, -0.15) is 0 Å². The highest BCUT2D eigenvalue weighted by Gasteiger charge is 2.16. The molecule has 0 aromatic carbocycles. The molecule has 5 nitrogen and oxygen atoms in total. The molecule has 0 atom stereocenters. The first-order chi connectivity index (χ1) is 7.66. The lowest BCUT2D eigenvalue weighted by Gasteiger charge is -2.21. The Labute approximate surface area is 97.9 Å². The van der Waals surface area contributed by atoms with E-state index in [0.29, 0.717) is 11.0 Å². The summed E-state index contributed by atoms with van der Waals surface area (Å²) in [4.78, 5) is 11.7. The van der Waals surface area contributed by atoms with Crippen LogP contribution in [-0.4, -0.2) is 29.2 Å². The number of hydrogen-bond acceptors (Lipinski definition) is 4. The van der Waals surface area contributed by atoms with Crippen molar-refractivity contribution in [3.05, 3.63) is 28.4 Å². The average Bonchev–Trinajstić information content (AvgIpc) is 2.19. The molecule has 1 fully saturated rings. The van der Waals surface area contributed by atoms with Crippen LogP contribution in [-0.2, 0) is 4.79 Å². The van der Waals surface area contributed by atoms with Gasteiger partial charge in [-0.3, -0.25) is 4.79 Å². The van der Waals surface area contributed by atoms with Crippen molar-refractivity contribution < 1.29 is 4.79 Å². The molecule has 0 radical (unpaired) electrons. The van der Waals surface area contributed by atoms with Crippen LogP contribution in [0.15, 0.2) is 23.3 Å². The van der Waals surface area contributed by atoms with Gasteiger partial charge in [0.1, 0.15) is 0 Å². The molecule has 84 valence electrons. The number of halogens is 1. The maximum Gasteiger partial charge on any atom is 0.252 e. The first kappa shape index (κ1) is 11.0. The molecule has 1 saturated heterocycles. The van der Waals surface area contributed by atoms with Gasteiger partial charge in [-0.15, -0.1) is 10.2 Å². The van der Waals surface area contributed by atoms with E-state index in [9.17, 15) is 4.79 Å². The molecule has 16 heavy (non-hydrogen) atoms. The molecule has 1 aromatic rings. The molecule has 0 unspecified atom stereocenters. The predicted octanol–water partition coefficient (Wildman–Crippen LogP) is 0.988. The number of anilines is 1. The molecular weight excluding hydrogens is 228 g/mol. The molecule has 2 heterocycles. The summed E-state index contributed by atoms with van der Waals surface area (Å²) in [6.07, 6.45) is 0. The Balaban J connectivity index is 2.04. The van der Waals surface area contributed by atoms with Crippen LogP contribution in [0.4, 0.5) is 5.82 Å². The van der Waals surface area contributed by atoms with Gasteiger partial charge in [0.15, 0.2) is 11.0 Å². The minimum absolute atomic E-state index is 0.145. The van der Waals surface area contributed by atoms with E-state index in [-0.39, 0.29) is 5.91 Å². The van der Waals surface area contributed by atoms with Crippen molar-refractivity contribution in [2.45, 2.75) is 6.92 Å². The summed E-state index contributed by atoms with van der Waals surface area (Å²) >= 11 is 5.59. The van der Waals surface area contributed by atoms with Crippen LogP contribution in [0.3, 0.4) is 0 Å². The van der Waals surface area contributed by atoms with Gasteiger partial charge in [0.05, 0.1) is 0 Å². The molecule has 6 heteroatoms. The van der Waals surface area contributed by atoms with Gasteiger partial charge < -0.3 is 10.6 Å². The van der Waals surface area contributed by atoms with E-state index in [1.807, 2.05) is 0 Å². The normalized spacial score (nSPS) is 14.2. The molecule has 0 aliphatic carbocycles. The molecule has 2 rings (SSSR count). The zero-order chi connectivity index (χ0) is 11.5. The third-order valence-corrected chi connectivity index (χ3v) is 2.62. The Hall–Kier alpha value is -1.46. The maximum absolute atomic E-state index is 11.7. The lowest BCUT2D eigenvalue weighted by molar-refractivity contribution is -0.112. The zero-order valence-electron chi connectivity index (χ0n) is 8.75. The monoisotopic (exact) mass is 238 g/mol. The first-order valence-corrected chi connectivity index (χ1v) is 5.24. The van der Waals surface area contributed by atoms with Gasteiger partial charge in [-0.25, -0.2) is 0 Å². The molecule has 2 N–H and O–H groups in total. The topological polar surface area (TPSA) is 66.9 Å². The van der Waals surface area contributed by atoms with E-state index in [2.05, 4.69) is 20.8 Å². The number of amides is 1. The van der Waals surface area contributed by atoms with Crippen molar-refractivity contribution in [2.75, 3.05) is 18.4 Å². The lowest BCUT2D eigenvalue weighted by atomic mass is 10.0. The fourth-order valence-electron chi connectivity index (χ4n) is 1.27. The Morgan fingerprint density at radius 3 is 2.69 bits per heavy atom. The predicted molar refractivity (Wildman–Crippen MR) is 61.2 cm³/mol. The number of nitrogens with zero attached hydrogens (tertiary/aromatic N) is 2. The molecule has 1 aliphatic rings. The molecule has 0 bridgehead atoms. The van der Waals surface area contributed by atoms with Crippen molar-refractivity contribution in [3.8, 4) is 0 Å². The quantitative estimate of drug-likeness (QED) is 0.754. The number of rotatable bonds is 2. The summed E-state index contributed by atoms with van der Waals surface area (Å²) in [6, 6.07) is 3.20. The Bertz CT molecular complexity index is 435. The fraction of sp³-hybridized carbons (Fsp3) is 0.300. The van der Waals surface area contributed by atoms with Gasteiger partial charge in [-0.05, 0) is 24.6 Å². The van der Waals surface area contributed by atoms with Crippen LogP contribution in [0.1, 0.15) is 6.92 Å². The third-order valence-electron chi connectivity index (χ3n) is 2.42. The minimum Gasteiger partial charge on any atom is -0.309 e. The number of carbonyl (C=O) groups is 1. The second kappa shape index (κ2) is 4.59. The number of aromatic nitrogens is 2. The van der Waals surface area contributed by atoms with Gasteiger partial charge in [0, 0.05) is 18.7 Å². The zero-order valence-corrected chi connectivity index (χ0v) is 9.51. The van der Waals surface area contributed by atoms with Gasteiger partial charge in [0.2, 0.25) is 0 Å². The number of hydrogen-bond donors (Lipinski definition) is 2. The molecule has 1 aromatic heterocycles. The summed E-state index contributed by atoms with van der Waals surface area (Å²) < 4.78 is 0. The highest BCUT2D eigenvalue weighted by Crippen LogP contribution is 2.12. The highest BCUT2D eigenvalue weighted by molar-refractivity contribution is 6.29. The smallest absolute Gasteiger partial charge is 0.252 e. The standard InChI is InChI=1S/C10H11ClN4O/c1-6(7-4-12-5-7)10(16)13-9-3-2-8(11)14-15-9/h2-3,12H,4-5H2,1H3,(H,13,15,16). The summed E-state index contributed by atoms with van der Waals surface area (Å²) in [5.74, 6) is 0.259. The minimum atomic E-state index is -0.145. The Morgan fingerprint density at radius 2 is 2.19 bits per heavy atom. The lowest BCUT2D eigenvalue weighted by Crippen LogP contribution is -2.36. The number of nitrogens with one attached hydrogen (secondary N) is 2. The van der Waals surface area contributed by atoms with Crippen molar-refractivity contribution in [1.82, 2.24) is 15.5 Å². The second-order valence-corrected chi connectivity index (χ2v) is 3.91. The van der Waals surface area contributed by atoms with E-state index < -0.39 is 0 Å². The van der Waals surface area contributed by atoms with Crippen LogP contribution in [0.2, 0.25) is 5.15 Å². The summed E-state index contributed by atoms with van der Waals surface area (Å²) in [7, 11) is 0. The van der Waals surface area contributed by atoms with Gasteiger partial charge in [0.25, 0.3) is 5.91 Å². The summed E-state index contributed by atoms with van der Waals surface area (Å²) in [6.45, 7) is 3.37. The average molecular weight is 239 g/mol. The van der Waals surface area contributed by atoms with Crippen molar-refractivity contribution in [1.29, 1.82) is 0 Å². The fourth-order valence-corrected chi connectivity index (χ4v) is 1.37. The molecule has 0 spiro atoms. The largest absolute Gasteiger partial charge is 0.309 e.